The minimum atomic E-state index is 0.412. The Kier molecular flexibility index (Phi) is 6.67. The second-order valence-electron chi connectivity index (χ2n) is 5.93. The number of nitrogens with one attached hydrogen (secondary N) is 2. The average Bonchev–Trinajstić information content (AvgIpc) is 2.62. The molecule has 0 saturated heterocycles. The molecule has 0 aliphatic rings. The number of aryl methyl sites for hydroxylation is 1. The Hall–Kier alpha value is -2.49. The molecule has 0 aromatic heterocycles. The van der Waals surface area contributed by atoms with Crippen molar-refractivity contribution in [1.29, 1.82) is 0 Å². The number of hydrogen-bond donors (Lipinski definition) is 2. The van der Waals surface area contributed by atoms with E-state index >= 15 is 0 Å². The number of para-hydroxylation sites is 1. The van der Waals surface area contributed by atoms with Crippen LogP contribution in [0.5, 0.6) is 5.75 Å². The van der Waals surface area contributed by atoms with Crippen LogP contribution in [0.3, 0.4) is 0 Å². The standard InChI is InChI=1S/C20H27N3O/c1-15-9-11-17(12-10-15)16(2)13-22-20(21-3)23-14-18-7-5-6-8-19(18)24-4/h5-12,16H,13-14H2,1-4H3,(H2,21,22,23). The first-order valence-corrected chi connectivity index (χ1v) is 8.27. The first kappa shape index (κ1) is 17.9. The van der Waals surface area contributed by atoms with Gasteiger partial charge in [0.25, 0.3) is 0 Å². The summed E-state index contributed by atoms with van der Waals surface area (Å²) < 4.78 is 5.38. The molecule has 0 aliphatic carbocycles. The first-order chi connectivity index (χ1) is 11.6. The fourth-order valence-electron chi connectivity index (χ4n) is 2.51. The number of aliphatic imine (C=N–C) groups is 1. The summed E-state index contributed by atoms with van der Waals surface area (Å²) in [7, 11) is 3.48. The maximum atomic E-state index is 5.38. The van der Waals surface area contributed by atoms with Crippen molar-refractivity contribution in [3.05, 3.63) is 65.2 Å². The molecule has 128 valence electrons. The van der Waals surface area contributed by atoms with Gasteiger partial charge in [-0.15, -0.1) is 0 Å². The number of hydrogen-bond acceptors (Lipinski definition) is 2. The highest BCUT2D eigenvalue weighted by Gasteiger charge is 2.07. The van der Waals surface area contributed by atoms with Crippen LogP contribution < -0.4 is 15.4 Å². The number of methoxy groups -OCH3 is 1. The van der Waals surface area contributed by atoms with Crippen molar-refractivity contribution in [1.82, 2.24) is 10.6 Å². The van der Waals surface area contributed by atoms with E-state index in [1.54, 1.807) is 14.2 Å². The lowest BCUT2D eigenvalue weighted by Gasteiger charge is -2.17. The molecule has 0 amide bonds. The molecule has 4 nitrogen and oxygen atoms in total. The third kappa shape index (κ3) is 5.01. The van der Waals surface area contributed by atoms with Gasteiger partial charge in [0.05, 0.1) is 7.11 Å². The van der Waals surface area contributed by atoms with E-state index in [1.165, 1.54) is 11.1 Å². The minimum Gasteiger partial charge on any atom is -0.496 e. The smallest absolute Gasteiger partial charge is 0.191 e. The number of benzene rings is 2. The monoisotopic (exact) mass is 325 g/mol. The quantitative estimate of drug-likeness (QED) is 0.631. The highest BCUT2D eigenvalue weighted by atomic mass is 16.5. The van der Waals surface area contributed by atoms with Crippen LogP contribution >= 0.6 is 0 Å². The fourth-order valence-corrected chi connectivity index (χ4v) is 2.51. The number of nitrogens with zero attached hydrogens (tertiary/aromatic N) is 1. The van der Waals surface area contributed by atoms with Gasteiger partial charge >= 0.3 is 0 Å². The molecular weight excluding hydrogens is 298 g/mol. The van der Waals surface area contributed by atoms with Gasteiger partial charge in [0.15, 0.2) is 5.96 Å². The molecule has 2 rings (SSSR count). The molecule has 2 aromatic rings. The van der Waals surface area contributed by atoms with Crippen molar-refractivity contribution in [2.24, 2.45) is 4.99 Å². The van der Waals surface area contributed by atoms with Crippen LogP contribution in [0.4, 0.5) is 0 Å². The molecule has 0 radical (unpaired) electrons. The molecular formula is C20H27N3O. The summed E-state index contributed by atoms with van der Waals surface area (Å²) in [4.78, 5) is 4.29. The van der Waals surface area contributed by atoms with Crippen LogP contribution in [0.25, 0.3) is 0 Å². The predicted octanol–water partition coefficient (Wildman–Crippen LogP) is 3.47. The zero-order chi connectivity index (χ0) is 17.4. The van der Waals surface area contributed by atoms with E-state index in [2.05, 4.69) is 53.7 Å². The molecule has 2 aromatic carbocycles. The molecule has 0 aliphatic heterocycles. The zero-order valence-corrected chi connectivity index (χ0v) is 15.0. The van der Waals surface area contributed by atoms with Gasteiger partial charge in [0.1, 0.15) is 5.75 Å². The molecule has 0 saturated carbocycles. The Bertz CT molecular complexity index is 665. The summed E-state index contributed by atoms with van der Waals surface area (Å²) in [6, 6.07) is 16.7. The summed E-state index contributed by atoms with van der Waals surface area (Å²) in [5.41, 5.74) is 3.72. The molecule has 2 N–H and O–H groups in total. The summed E-state index contributed by atoms with van der Waals surface area (Å²) >= 11 is 0. The molecule has 0 heterocycles. The normalized spacial score (nSPS) is 12.6. The van der Waals surface area contributed by atoms with Crippen molar-refractivity contribution in [3.63, 3.8) is 0 Å². The van der Waals surface area contributed by atoms with Crippen molar-refractivity contribution < 1.29 is 4.74 Å². The van der Waals surface area contributed by atoms with Crippen LogP contribution in [0, 0.1) is 6.92 Å². The number of rotatable bonds is 6. The average molecular weight is 325 g/mol. The van der Waals surface area contributed by atoms with Gasteiger partial charge in [0.2, 0.25) is 0 Å². The van der Waals surface area contributed by atoms with Crippen LogP contribution in [0.15, 0.2) is 53.5 Å². The molecule has 0 spiro atoms. The lowest BCUT2D eigenvalue weighted by molar-refractivity contribution is 0.409. The lowest BCUT2D eigenvalue weighted by atomic mass is 10.0. The fraction of sp³-hybridized carbons (Fsp3) is 0.350. The van der Waals surface area contributed by atoms with E-state index < -0.39 is 0 Å². The second-order valence-corrected chi connectivity index (χ2v) is 5.93. The van der Waals surface area contributed by atoms with Gasteiger partial charge < -0.3 is 15.4 Å². The van der Waals surface area contributed by atoms with Crippen molar-refractivity contribution >= 4 is 5.96 Å². The summed E-state index contributed by atoms with van der Waals surface area (Å²) in [5.74, 6) is 2.09. The summed E-state index contributed by atoms with van der Waals surface area (Å²) in [5, 5.41) is 6.72. The van der Waals surface area contributed by atoms with Gasteiger partial charge in [-0.1, -0.05) is 55.0 Å². The zero-order valence-electron chi connectivity index (χ0n) is 15.0. The largest absolute Gasteiger partial charge is 0.496 e. The highest BCUT2D eigenvalue weighted by molar-refractivity contribution is 5.79. The highest BCUT2D eigenvalue weighted by Crippen LogP contribution is 2.17. The summed E-state index contributed by atoms with van der Waals surface area (Å²) in [6.07, 6.45) is 0. The molecule has 0 fully saturated rings. The Morgan fingerprint density at radius 1 is 1.08 bits per heavy atom. The Labute approximate surface area is 145 Å². The number of guanidine groups is 1. The van der Waals surface area contributed by atoms with Crippen molar-refractivity contribution in [3.8, 4) is 5.75 Å². The van der Waals surface area contributed by atoms with E-state index in [9.17, 15) is 0 Å². The first-order valence-electron chi connectivity index (χ1n) is 8.27. The van der Waals surface area contributed by atoms with E-state index in [1.807, 2.05) is 24.3 Å². The predicted molar refractivity (Wildman–Crippen MR) is 101 cm³/mol. The Morgan fingerprint density at radius 3 is 2.46 bits per heavy atom. The molecule has 1 atom stereocenters. The Balaban J connectivity index is 1.87. The third-order valence-electron chi connectivity index (χ3n) is 4.08. The van der Waals surface area contributed by atoms with Gasteiger partial charge in [-0.05, 0) is 24.5 Å². The molecule has 4 heteroatoms. The maximum absolute atomic E-state index is 5.38. The van der Waals surface area contributed by atoms with Crippen LogP contribution in [0.1, 0.15) is 29.5 Å². The van der Waals surface area contributed by atoms with E-state index in [0.717, 1.165) is 23.8 Å². The van der Waals surface area contributed by atoms with Gasteiger partial charge in [0, 0.05) is 25.7 Å². The molecule has 24 heavy (non-hydrogen) atoms. The van der Waals surface area contributed by atoms with Gasteiger partial charge in [-0.3, -0.25) is 4.99 Å². The van der Waals surface area contributed by atoms with E-state index in [-0.39, 0.29) is 0 Å². The number of ether oxygens (including phenoxy) is 1. The third-order valence-corrected chi connectivity index (χ3v) is 4.08. The second kappa shape index (κ2) is 8.96. The molecule has 1 unspecified atom stereocenters. The Morgan fingerprint density at radius 2 is 1.79 bits per heavy atom. The topological polar surface area (TPSA) is 45.7 Å². The minimum absolute atomic E-state index is 0.412. The van der Waals surface area contributed by atoms with Crippen molar-refractivity contribution in [2.45, 2.75) is 26.3 Å². The van der Waals surface area contributed by atoms with E-state index in [4.69, 9.17) is 4.74 Å². The summed E-state index contributed by atoms with van der Waals surface area (Å²) in [6.45, 7) is 5.82. The van der Waals surface area contributed by atoms with E-state index in [0.29, 0.717) is 12.5 Å². The molecule has 0 bridgehead atoms. The SMILES string of the molecule is CN=C(NCc1ccccc1OC)NCC(C)c1ccc(C)cc1. The van der Waals surface area contributed by atoms with Gasteiger partial charge in [-0.2, -0.15) is 0 Å². The van der Waals surface area contributed by atoms with Crippen LogP contribution in [0.2, 0.25) is 0 Å². The van der Waals surface area contributed by atoms with Crippen LogP contribution in [-0.4, -0.2) is 26.7 Å². The maximum Gasteiger partial charge on any atom is 0.191 e. The van der Waals surface area contributed by atoms with Crippen molar-refractivity contribution in [2.75, 3.05) is 20.7 Å². The van der Waals surface area contributed by atoms with Crippen LogP contribution in [-0.2, 0) is 6.54 Å². The van der Waals surface area contributed by atoms with Gasteiger partial charge in [-0.25, -0.2) is 0 Å². The lowest BCUT2D eigenvalue weighted by Crippen LogP contribution is -2.38.